The number of nitrogens with two attached hydrogens (primary N) is 1. The minimum Gasteiger partial charge on any atom is -0.386 e. The van der Waals surface area contributed by atoms with E-state index in [1.165, 1.54) is 6.08 Å². The van der Waals surface area contributed by atoms with Crippen molar-refractivity contribution in [1.29, 1.82) is 5.26 Å². The summed E-state index contributed by atoms with van der Waals surface area (Å²) in [6.45, 7) is 8.66. The third kappa shape index (κ3) is 6.18. The molecule has 0 atom stereocenters. The van der Waals surface area contributed by atoms with Gasteiger partial charge < -0.3 is 11.1 Å². The summed E-state index contributed by atoms with van der Waals surface area (Å²) in [5.41, 5.74) is 6.51. The maximum absolute atomic E-state index is 8.52. The van der Waals surface area contributed by atoms with Crippen LogP contribution in [0.25, 0.3) is 0 Å². The fraction of sp³-hybridized carbons (Fsp3) is 0.700. The van der Waals surface area contributed by atoms with Crippen molar-refractivity contribution in [3.8, 4) is 6.07 Å². The first-order valence-electron chi connectivity index (χ1n) is 4.49. The summed E-state index contributed by atoms with van der Waals surface area (Å²) in [7, 11) is 0. The lowest BCUT2D eigenvalue weighted by atomic mass is 10.1. The van der Waals surface area contributed by atoms with Gasteiger partial charge in [0.25, 0.3) is 0 Å². The lowest BCUT2D eigenvalue weighted by Crippen LogP contribution is -2.43. The predicted octanol–water partition coefficient (Wildman–Crippen LogP) is 1.38. The van der Waals surface area contributed by atoms with Gasteiger partial charge in [-0.2, -0.15) is 5.26 Å². The second-order valence-electron chi connectivity index (χ2n) is 4.23. The third-order valence-electron chi connectivity index (χ3n) is 1.59. The quantitative estimate of drug-likeness (QED) is 0.644. The second-order valence-corrected chi connectivity index (χ2v) is 4.23. The summed E-state index contributed by atoms with van der Waals surface area (Å²) >= 11 is 0. The lowest BCUT2D eigenvalue weighted by molar-refractivity contribution is 0.476. The van der Waals surface area contributed by atoms with Gasteiger partial charge in [-0.15, -0.1) is 0 Å². The van der Waals surface area contributed by atoms with Crippen LogP contribution in [0, 0.1) is 17.2 Å². The van der Waals surface area contributed by atoms with E-state index >= 15 is 0 Å². The van der Waals surface area contributed by atoms with Crippen LogP contribution in [-0.2, 0) is 0 Å². The van der Waals surface area contributed by atoms with Crippen LogP contribution in [0.4, 0.5) is 0 Å². The summed E-state index contributed by atoms with van der Waals surface area (Å²) in [5, 5.41) is 11.7. The number of allylic oxidation sites excluding steroid dienone is 2. The van der Waals surface area contributed by atoms with Gasteiger partial charge in [0.2, 0.25) is 0 Å². The molecular weight excluding hydrogens is 162 g/mol. The summed E-state index contributed by atoms with van der Waals surface area (Å²) < 4.78 is 0. The van der Waals surface area contributed by atoms with E-state index in [4.69, 9.17) is 11.0 Å². The average molecular weight is 181 g/mol. The first-order chi connectivity index (χ1) is 5.87. The van der Waals surface area contributed by atoms with Crippen LogP contribution >= 0.6 is 0 Å². The Morgan fingerprint density at radius 1 is 1.62 bits per heavy atom. The number of nitriles is 1. The highest BCUT2D eigenvalue weighted by Gasteiger charge is 2.11. The highest BCUT2D eigenvalue weighted by molar-refractivity contribution is 5.14. The van der Waals surface area contributed by atoms with Crippen LogP contribution < -0.4 is 11.1 Å². The number of hydrogen-bond donors (Lipinski definition) is 2. The Hall–Kier alpha value is -1.01. The van der Waals surface area contributed by atoms with E-state index in [1.807, 2.05) is 33.8 Å². The number of nitrogens with one attached hydrogen (secondary N) is 1. The summed E-state index contributed by atoms with van der Waals surface area (Å²) in [6, 6.07) is 2.02. The van der Waals surface area contributed by atoms with Gasteiger partial charge in [0.05, 0.1) is 6.07 Å². The van der Waals surface area contributed by atoms with Gasteiger partial charge in [-0.3, -0.25) is 0 Å². The van der Waals surface area contributed by atoms with Gasteiger partial charge in [-0.05, 0) is 19.8 Å². The van der Waals surface area contributed by atoms with E-state index in [2.05, 4.69) is 5.32 Å². The van der Waals surface area contributed by atoms with Crippen molar-refractivity contribution in [1.82, 2.24) is 5.32 Å². The average Bonchev–Trinajstić information content (AvgIpc) is 1.95. The molecule has 0 aliphatic heterocycles. The summed E-state index contributed by atoms with van der Waals surface area (Å²) in [4.78, 5) is 0. The summed E-state index contributed by atoms with van der Waals surface area (Å²) in [5.74, 6) is 0.335. The zero-order valence-electron chi connectivity index (χ0n) is 8.89. The minimum atomic E-state index is -0.247. The van der Waals surface area contributed by atoms with Crippen LogP contribution in [0.2, 0.25) is 0 Å². The third-order valence-corrected chi connectivity index (χ3v) is 1.59. The van der Waals surface area contributed by atoms with Gasteiger partial charge in [-0.25, -0.2) is 0 Å². The Labute approximate surface area is 80.6 Å². The molecule has 3 heteroatoms. The zero-order valence-corrected chi connectivity index (χ0v) is 8.89. The number of nitrogens with zero attached hydrogens (tertiary/aromatic N) is 1. The zero-order chi connectivity index (χ0) is 10.5. The molecule has 0 aromatic carbocycles. The van der Waals surface area contributed by atoms with E-state index in [9.17, 15) is 0 Å². The molecule has 0 aliphatic carbocycles. The first-order valence-corrected chi connectivity index (χ1v) is 4.49. The Morgan fingerprint density at radius 3 is 2.46 bits per heavy atom. The largest absolute Gasteiger partial charge is 0.386 e. The smallest absolute Gasteiger partial charge is 0.0930 e. The molecule has 0 amide bonds. The van der Waals surface area contributed by atoms with Crippen molar-refractivity contribution < 1.29 is 0 Å². The minimum absolute atomic E-state index is 0.247. The SMILES string of the molecule is CC(C)/C(=C\C#N)NCC(C)(C)N. The van der Waals surface area contributed by atoms with Gasteiger partial charge in [0.15, 0.2) is 0 Å². The van der Waals surface area contributed by atoms with E-state index in [-0.39, 0.29) is 5.54 Å². The number of rotatable bonds is 4. The topological polar surface area (TPSA) is 61.8 Å². The van der Waals surface area contributed by atoms with Gasteiger partial charge >= 0.3 is 0 Å². The molecule has 0 bridgehead atoms. The molecule has 0 aromatic heterocycles. The molecule has 74 valence electrons. The molecule has 3 N–H and O–H groups in total. The van der Waals surface area contributed by atoms with Crippen molar-refractivity contribution in [2.75, 3.05) is 6.54 Å². The lowest BCUT2D eigenvalue weighted by Gasteiger charge is -2.22. The highest BCUT2D eigenvalue weighted by Crippen LogP contribution is 2.06. The normalized spacial score (nSPS) is 12.8. The van der Waals surface area contributed by atoms with Crippen LogP contribution in [0.5, 0.6) is 0 Å². The molecule has 0 spiro atoms. The first kappa shape index (κ1) is 12.0. The van der Waals surface area contributed by atoms with Crippen LogP contribution in [0.1, 0.15) is 27.7 Å². The number of hydrogen-bond acceptors (Lipinski definition) is 3. The van der Waals surface area contributed by atoms with Crippen molar-refractivity contribution in [3.63, 3.8) is 0 Å². The second kappa shape index (κ2) is 4.88. The fourth-order valence-electron chi connectivity index (χ4n) is 0.821. The van der Waals surface area contributed by atoms with Crippen molar-refractivity contribution in [3.05, 3.63) is 11.8 Å². The maximum Gasteiger partial charge on any atom is 0.0930 e. The Kier molecular flexibility index (Phi) is 4.50. The Bertz CT molecular complexity index is 215. The molecule has 0 fully saturated rings. The van der Waals surface area contributed by atoms with E-state index in [0.717, 1.165) is 5.70 Å². The standard InChI is InChI=1S/C10H19N3/c1-8(2)9(5-6-11)13-7-10(3,4)12/h5,8,13H,7,12H2,1-4H3/b9-5+. The Balaban J connectivity index is 4.16. The van der Waals surface area contributed by atoms with Crippen LogP contribution in [0.15, 0.2) is 11.8 Å². The molecule has 0 rings (SSSR count). The van der Waals surface area contributed by atoms with Gasteiger partial charge in [0, 0.05) is 23.9 Å². The van der Waals surface area contributed by atoms with Gasteiger partial charge in [-0.1, -0.05) is 13.8 Å². The highest BCUT2D eigenvalue weighted by atomic mass is 14.9. The molecule has 3 nitrogen and oxygen atoms in total. The maximum atomic E-state index is 8.52. The molecule has 0 saturated heterocycles. The molecule has 0 heterocycles. The molecule has 0 unspecified atom stereocenters. The summed E-state index contributed by atoms with van der Waals surface area (Å²) in [6.07, 6.45) is 1.54. The molecule has 0 aliphatic rings. The predicted molar refractivity (Wildman–Crippen MR) is 54.8 cm³/mol. The van der Waals surface area contributed by atoms with Crippen molar-refractivity contribution in [2.45, 2.75) is 33.2 Å². The Morgan fingerprint density at radius 2 is 2.15 bits per heavy atom. The molecule has 0 aromatic rings. The van der Waals surface area contributed by atoms with Crippen LogP contribution in [-0.4, -0.2) is 12.1 Å². The van der Waals surface area contributed by atoms with E-state index < -0.39 is 0 Å². The van der Waals surface area contributed by atoms with E-state index in [0.29, 0.717) is 12.5 Å². The molecular formula is C10H19N3. The van der Waals surface area contributed by atoms with Crippen molar-refractivity contribution >= 4 is 0 Å². The van der Waals surface area contributed by atoms with E-state index in [1.54, 1.807) is 0 Å². The monoisotopic (exact) mass is 181 g/mol. The van der Waals surface area contributed by atoms with Gasteiger partial charge in [0.1, 0.15) is 0 Å². The fourth-order valence-corrected chi connectivity index (χ4v) is 0.821. The molecule has 0 saturated carbocycles. The molecule has 13 heavy (non-hydrogen) atoms. The molecule has 0 radical (unpaired) electrons. The van der Waals surface area contributed by atoms with Crippen molar-refractivity contribution in [2.24, 2.45) is 11.7 Å². The van der Waals surface area contributed by atoms with Crippen LogP contribution in [0.3, 0.4) is 0 Å².